The number of benzene rings is 1. The summed E-state index contributed by atoms with van der Waals surface area (Å²) >= 11 is 0. The number of carbonyl (C=O) groups is 1. The number of aliphatic hydroxyl groups is 1. The fourth-order valence-corrected chi connectivity index (χ4v) is 4.10. The lowest BCUT2D eigenvalue weighted by molar-refractivity contribution is -0.116. The number of H-pyrrole nitrogens is 1. The molecule has 0 aliphatic heterocycles. The molecule has 1 aromatic heterocycles. The molecule has 3 rings (SSSR count). The summed E-state index contributed by atoms with van der Waals surface area (Å²) < 4.78 is 0. The van der Waals surface area contributed by atoms with Gasteiger partial charge in [-0.25, -0.2) is 0 Å². The zero-order chi connectivity index (χ0) is 23.6. The van der Waals surface area contributed by atoms with Crippen molar-refractivity contribution in [2.45, 2.75) is 44.4 Å². The molecule has 0 radical (unpaired) electrons. The Kier molecular flexibility index (Phi) is 9.17. The van der Waals surface area contributed by atoms with Crippen LogP contribution in [0.4, 0.5) is 0 Å². The minimum atomic E-state index is -0.719. The smallest absolute Gasteiger partial charge is 0.143 e. The summed E-state index contributed by atoms with van der Waals surface area (Å²) in [5.74, 6) is -0.328. The number of aliphatic hydroxyl groups excluding tert-OH is 1. The van der Waals surface area contributed by atoms with E-state index in [1.54, 1.807) is 12.2 Å². The number of nitroso groups, excluding NO2 is 2. The van der Waals surface area contributed by atoms with E-state index < -0.39 is 24.1 Å². The monoisotopic (exact) mass is 453 g/mol. The number of carbonyl (C=O) groups excluding carboxylic acids is 1. The Labute approximate surface area is 192 Å². The summed E-state index contributed by atoms with van der Waals surface area (Å²) in [6, 6.07) is 8.92. The van der Waals surface area contributed by atoms with E-state index in [1.807, 2.05) is 24.3 Å². The average molecular weight is 454 g/mol. The van der Waals surface area contributed by atoms with Crippen LogP contribution in [-0.4, -0.2) is 53.7 Å². The van der Waals surface area contributed by atoms with E-state index >= 15 is 0 Å². The number of aromatic amines is 1. The lowest BCUT2D eigenvalue weighted by atomic mass is 9.96. The summed E-state index contributed by atoms with van der Waals surface area (Å²) in [5.41, 5.74) is 2.36. The van der Waals surface area contributed by atoms with Crippen LogP contribution >= 0.6 is 0 Å². The first-order chi connectivity index (χ1) is 16.0. The van der Waals surface area contributed by atoms with Gasteiger partial charge in [0.1, 0.15) is 17.5 Å². The van der Waals surface area contributed by atoms with Crippen LogP contribution in [0.3, 0.4) is 0 Å². The molecule has 0 saturated heterocycles. The zero-order valence-corrected chi connectivity index (χ0v) is 18.7. The second kappa shape index (κ2) is 12.3. The Bertz CT molecular complexity index is 982. The van der Waals surface area contributed by atoms with Crippen molar-refractivity contribution < 1.29 is 9.90 Å². The SMILES string of the molecule is CC(=O)CNCCCN[C@H]1C(N=O)=C[C@@H](N=O)[C@@H]1/C=C/C(O)CCc1cc2ccccc2[nH]1. The molecule has 0 amide bonds. The van der Waals surface area contributed by atoms with Crippen LogP contribution < -0.4 is 10.6 Å². The molecule has 2 aromatic rings. The molecule has 1 unspecified atom stereocenters. The first-order valence-corrected chi connectivity index (χ1v) is 11.3. The quantitative estimate of drug-likeness (QED) is 0.197. The molecule has 0 saturated carbocycles. The molecular weight excluding hydrogens is 422 g/mol. The molecular formula is C24H31N5O4. The van der Waals surface area contributed by atoms with Crippen LogP contribution in [-0.2, 0) is 11.2 Å². The number of fused-ring (bicyclic) bond motifs is 1. The summed E-state index contributed by atoms with van der Waals surface area (Å²) in [5, 5.41) is 24.1. The molecule has 0 bridgehead atoms. The van der Waals surface area contributed by atoms with Gasteiger partial charge in [-0.3, -0.25) is 4.79 Å². The van der Waals surface area contributed by atoms with Gasteiger partial charge in [0.25, 0.3) is 0 Å². The minimum absolute atomic E-state index is 0.0716. The highest BCUT2D eigenvalue weighted by Crippen LogP contribution is 2.30. The van der Waals surface area contributed by atoms with Gasteiger partial charge < -0.3 is 20.7 Å². The fourth-order valence-electron chi connectivity index (χ4n) is 4.10. The average Bonchev–Trinajstić information content (AvgIpc) is 3.38. The second-order valence-corrected chi connectivity index (χ2v) is 8.39. The van der Waals surface area contributed by atoms with E-state index in [9.17, 15) is 19.7 Å². The number of aryl methyl sites for hydroxylation is 1. The minimum Gasteiger partial charge on any atom is -0.389 e. The number of nitrogens with zero attached hydrogens (tertiary/aromatic N) is 2. The first kappa shape index (κ1) is 24.6. The van der Waals surface area contributed by atoms with E-state index in [1.165, 1.54) is 13.0 Å². The van der Waals surface area contributed by atoms with Gasteiger partial charge in [-0.2, -0.15) is 4.91 Å². The number of para-hydroxylation sites is 1. The summed E-state index contributed by atoms with van der Waals surface area (Å²) in [7, 11) is 0. The van der Waals surface area contributed by atoms with Gasteiger partial charge in [-0.15, -0.1) is 4.91 Å². The van der Waals surface area contributed by atoms with Gasteiger partial charge in [-0.1, -0.05) is 35.5 Å². The maximum Gasteiger partial charge on any atom is 0.143 e. The van der Waals surface area contributed by atoms with Crippen molar-refractivity contribution >= 4 is 16.7 Å². The van der Waals surface area contributed by atoms with Gasteiger partial charge in [0, 0.05) is 17.1 Å². The molecule has 33 heavy (non-hydrogen) atoms. The number of ketones is 1. The molecule has 1 aliphatic carbocycles. The normalized spacial score (nSPS) is 21.4. The Morgan fingerprint density at radius 3 is 2.82 bits per heavy atom. The van der Waals surface area contributed by atoms with Crippen LogP contribution in [0.2, 0.25) is 0 Å². The highest BCUT2D eigenvalue weighted by atomic mass is 16.3. The molecule has 4 atom stereocenters. The largest absolute Gasteiger partial charge is 0.389 e. The number of hydrogen-bond acceptors (Lipinski definition) is 8. The lowest BCUT2D eigenvalue weighted by Crippen LogP contribution is -2.38. The van der Waals surface area contributed by atoms with Crippen molar-refractivity contribution in [3.63, 3.8) is 0 Å². The van der Waals surface area contributed by atoms with Crippen LogP contribution in [0.25, 0.3) is 10.9 Å². The Morgan fingerprint density at radius 1 is 1.27 bits per heavy atom. The third-order valence-electron chi connectivity index (χ3n) is 5.79. The molecule has 9 heteroatoms. The summed E-state index contributed by atoms with van der Waals surface area (Å²) in [4.78, 5) is 36.9. The van der Waals surface area contributed by atoms with Crippen LogP contribution in [0.1, 0.15) is 25.5 Å². The lowest BCUT2D eigenvalue weighted by Gasteiger charge is -2.21. The maximum absolute atomic E-state index is 11.3. The Morgan fingerprint density at radius 2 is 2.09 bits per heavy atom. The molecule has 4 N–H and O–H groups in total. The van der Waals surface area contributed by atoms with E-state index in [4.69, 9.17) is 0 Å². The number of nitrogens with one attached hydrogen (secondary N) is 3. The number of hydrogen-bond donors (Lipinski definition) is 4. The molecule has 0 spiro atoms. The van der Waals surface area contributed by atoms with E-state index in [-0.39, 0.29) is 11.5 Å². The van der Waals surface area contributed by atoms with E-state index in [0.29, 0.717) is 32.5 Å². The van der Waals surface area contributed by atoms with Crippen LogP contribution in [0.5, 0.6) is 0 Å². The van der Waals surface area contributed by atoms with Crippen LogP contribution in [0, 0.1) is 15.7 Å². The molecule has 1 aromatic carbocycles. The maximum atomic E-state index is 11.3. The van der Waals surface area contributed by atoms with Gasteiger partial charge in [-0.05, 0) is 68.0 Å². The van der Waals surface area contributed by atoms with Crippen LogP contribution in [0.15, 0.2) is 64.6 Å². The fraction of sp³-hybridized carbons (Fsp3) is 0.458. The predicted molar refractivity (Wildman–Crippen MR) is 129 cm³/mol. The van der Waals surface area contributed by atoms with Crippen molar-refractivity contribution in [1.82, 2.24) is 15.6 Å². The number of aromatic nitrogens is 1. The predicted octanol–water partition coefficient (Wildman–Crippen LogP) is 2.96. The standard InChI is InChI=1S/C24H31N5O4/c1-16(30)15-25-11-4-12-26-24-20(22(28-32)14-23(24)29-33)10-9-19(31)8-7-18-13-17-5-2-3-6-21(17)27-18/h2-3,5-6,9-10,13-14,19-20,22,24-27,31H,4,7-8,11-12,15H2,1H3/b10-9+/t19?,20-,22+,24+/m0/s1. The van der Waals surface area contributed by atoms with Crippen molar-refractivity contribution in [1.29, 1.82) is 0 Å². The number of rotatable bonds is 14. The Hall–Kier alpha value is -3.01. The van der Waals surface area contributed by atoms with Crippen molar-refractivity contribution in [3.8, 4) is 0 Å². The Balaban J connectivity index is 1.53. The third-order valence-corrected chi connectivity index (χ3v) is 5.79. The molecule has 1 heterocycles. The van der Waals surface area contributed by atoms with Gasteiger partial charge in [0.15, 0.2) is 0 Å². The van der Waals surface area contributed by atoms with E-state index in [0.717, 1.165) is 23.0 Å². The molecule has 9 nitrogen and oxygen atoms in total. The molecule has 0 fully saturated rings. The van der Waals surface area contributed by atoms with Gasteiger partial charge in [0.2, 0.25) is 0 Å². The second-order valence-electron chi connectivity index (χ2n) is 8.39. The summed E-state index contributed by atoms with van der Waals surface area (Å²) in [6.45, 7) is 3.06. The van der Waals surface area contributed by atoms with Crippen molar-refractivity contribution in [3.05, 3.63) is 69.8 Å². The van der Waals surface area contributed by atoms with Gasteiger partial charge >= 0.3 is 0 Å². The number of Topliss-reactive ketones (excluding diaryl/α,β-unsaturated/α-hetero) is 1. The van der Waals surface area contributed by atoms with Crippen molar-refractivity contribution in [2.24, 2.45) is 16.3 Å². The highest BCUT2D eigenvalue weighted by molar-refractivity contribution is 5.80. The molecule has 176 valence electrons. The van der Waals surface area contributed by atoms with Gasteiger partial charge in [0.05, 0.1) is 18.7 Å². The third kappa shape index (κ3) is 6.98. The topological polar surface area (TPSA) is 136 Å². The van der Waals surface area contributed by atoms with E-state index in [2.05, 4.69) is 32.0 Å². The van der Waals surface area contributed by atoms with Crippen molar-refractivity contribution in [2.75, 3.05) is 19.6 Å². The summed E-state index contributed by atoms with van der Waals surface area (Å²) in [6.07, 6.45) is 6.12. The molecule has 1 aliphatic rings. The first-order valence-electron chi connectivity index (χ1n) is 11.3. The highest BCUT2D eigenvalue weighted by Gasteiger charge is 2.37. The zero-order valence-electron chi connectivity index (χ0n) is 18.7.